The molecule has 0 amide bonds. The molecule has 2 aliphatic heterocycles. The van der Waals surface area contributed by atoms with Crippen LogP contribution in [-0.4, -0.2) is 92.4 Å². The van der Waals surface area contributed by atoms with Gasteiger partial charge in [0.25, 0.3) is 0 Å². The highest BCUT2D eigenvalue weighted by Gasteiger charge is 2.17. The maximum atomic E-state index is 5.42. The summed E-state index contributed by atoms with van der Waals surface area (Å²) in [5.74, 6) is 0. The van der Waals surface area contributed by atoms with Gasteiger partial charge in [0, 0.05) is 26.2 Å². The number of fused-ring (bicyclic) bond motifs is 2. The summed E-state index contributed by atoms with van der Waals surface area (Å²) in [6, 6.07) is 4.07. The monoisotopic (exact) mass is 358 g/mol. The van der Waals surface area contributed by atoms with E-state index in [2.05, 4.69) is 36.5 Å². The van der Waals surface area contributed by atoms with E-state index in [-0.39, 0.29) is 0 Å². The standard InChI is InChI=1S/C16H22N8O2/c1-5-25-6-2-21(1)11-23-15-10-16-14(9-13(15)17-19-23)18-20-24(16)12-22-3-7-26-8-4-22/h9-10H,1-8,11-12H2. The Balaban J connectivity index is 1.45. The van der Waals surface area contributed by atoms with Gasteiger partial charge in [0.1, 0.15) is 11.0 Å². The SMILES string of the molecule is c1c2nnn(CN3CCOCC3)c2cc2c1nnn2CN1CCOCC1. The van der Waals surface area contributed by atoms with E-state index in [4.69, 9.17) is 9.47 Å². The molecule has 2 saturated heterocycles. The Morgan fingerprint density at radius 1 is 0.692 bits per heavy atom. The molecule has 26 heavy (non-hydrogen) atoms. The van der Waals surface area contributed by atoms with Crippen LogP contribution in [0.15, 0.2) is 12.1 Å². The Kier molecular flexibility index (Phi) is 4.25. The van der Waals surface area contributed by atoms with E-state index >= 15 is 0 Å². The van der Waals surface area contributed by atoms with Crippen LogP contribution in [0.4, 0.5) is 0 Å². The first-order chi connectivity index (χ1) is 12.9. The first-order valence-corrected chi connectivity index (χ1v) is 9.03. The summed E-state index contributed by atoms with van der Waals surface area (Å²) >= 11 is 0. The van der Waals surface area contributed by atoms with E-state index in [1.165, 1.54) is 0 Å². The van der Waals surface area contributed by atoms with Gasteiger partial charge in [-0.05, 0) is 12.1 Å². The molecule has 2 fully saturated rings. The second-order valence-electron chi connectivity index (χ2n) is 6.75. The lowest BCUT2D eigenvalue weighted by atomic mass is 10.2. The maximum absolute atomic E-state index is 5.42. The van der Waals surface area contributed by atoms with Gasteiger partial charge in [0.2, 0.25) is 0 Å². The molecule has 0 radical (unpaired) electrons. The van der Waals surface area contributed by atoms with Gasteiger partial charge in [-0.15, -0.1) is 10.2 Å². The molecule has 5 rings (SSSR count). The molecule has 1 aromatic carbocycles. The summed E-state index contributed by atoms with van der Waals surface area (Å²) in [6.45, 7) is 8.19. The molecule has 0 aliphatic carbocycles. The zero-order valence-electron chi connectivity index (χ0n) is 14.6. The first kappa shape index (κ1) is 16.1. The zero-order valence-corrected chi connectivity index (χ0v) is 14.6. The molecule has 10 nitrogen and oxygen atoms in total. The van der Waals surface area contributed by atoms with Crippen molar-refractivity contribution in [2.45, 2.75) is 13.3 Å². The highest BCUT2D eigenvalue weighted by Crippen LogP contribution is 2.20. The van der Waals surface area contributed by atoms with Crippen LogP contribution in [0, 0.1) is 0 Å². The van der Waals surface area contributed by atoms with Gasteiger partial charge in [-0.1, -0.05) is 10.4 Å². The summed E-state index contributed by atoms with van der Waals surface area (Å²) in [5.41, 5.74) is 3.72. The normalized spacial score (nSPS) is 20.3. The van der Waals surface area contributed by atoms with E-state index in [0.29, 0.717) is 0 Å². The maximum Gasteiger partial charge on any atom is 0.115 e. The lowest BCUT2D eigenvalue weighted by Gasteiger charge is -2.26. The second-order valence-corrected chi connectivity index (χ2v) is 6.75. The van der Waals surface area contributed by atoms with E-state index < -0.39 is 0 Å². The van der Waals surface area contributed by atoms with E-state index in [1.54, 1.807) is 0 Å². The third kappa shape index (κ3) is 3.05. The van der Waals surface area contributed by atoms with Crippen molar-refractivity contribution in [3.05, 3.63) is 12.1 Å². The molecule has 0 spiro atoms. The van der Waals surface area contributed by atoms with E-state index in [1.807, 2.05) is 15.4 Å². The van der Waals surface area contributed by atoms with Crippen LogP contribution in [0.5, 0.6) is 0 Å². The van der Waals surface area contributed by atoms with E-state index in [0.717, 1.165) is 88.0 Å². The van der Waals surface area contributed by atoms with E-state index in [9.17, 15) is 0 Å². The van der Waals surface area contributed by atoms with Gasteiger partial charge in [0.15, 0.2) is 0 Å². The predicted octanol–water partition coefficient (Wildman–Crippen LogP) is -0.245. The Labute approximate surface area is 150 Å². The number of hydrogen-bond acceptors (Lipinski definition) is 8. The number of morpholine rings is 2. The number of rotatable bonds is 4. The predicted molar refractivity (Wildman–Crippen MR) is 93.4 cm³/mol. The van der Waals surface area contributed by atoms with Gasteiger partial charge in [0.05, 0.1) is 50.8 Å². The molecule has 4 heterocycles. The van der Waals surface area contributed by atoms with Crippen LogP contribution in [-0.2, 0) is 22.8 Å². The van der Waals surface area contributed by atoms with Gasteiger partial charge in [-0.3, -0.25) is 9.80 Å². The van der Waals surface area contributed by atoms with Crippen LogP contribution in [0.25, 0.3) is 22.1 Å². The molecule has 138 valence electrons. The molecule has 2 aliphatic rings. The molecule has 0 saturated carbocycles. The van der Waals surface area contributed by atoms with Crippen molar-refractivity contribution in [1.82, 2.24) is 39.8 Å². The molecule has 2 aromatic heterocycles. The molecule has 0 bridgehead atoms. The molecule has 3 aromatic rings. The average Bonchev–Trinajstić information content (AvgIpc) is 3.26. The highest BCUT2D eigenvalue weighted by molar-refractivity contribution is 5.90. The van der Waals surface area contributed by atoms with Crippen molar-refractivity contribution >= 4 is 22.1 Å². The quantitative estimate of drug-likeness (QED) is 0.631. The Bertz CT molecular complexity index is 825. The lowest BCUT2D eigenvalue weighted by Crippen LogP contribution is -2.37. The van der Waals surface area contributed by atoms with Crippen LogP contribution >= 0.6 is 0 Å². The van der Waals surface area contributed by atoms with Crippen molar-refractivity contribution in [2.75, 3.05) is 52.6 Å². The largest absolute Gasteiger partial charge is 0.379 e. The number of nitrogens with zero attached hydrogens (tertiary/aromatic N) is 8. The Morgan fingerprint density at radius 2 is 1.15 bits per heavy atom. The molecule has 10 heteroatoms. The zero-order chi connectivity index (χ0) is 17.3. The first-order valence-electron chi connectivity index (χ1n) is 9.03. The van der Waals surface area contributed by atoms with Crippen molar-refractivity contribution in [3.8, 4) is 0 Å². The number of hydrogen-bond donors (Lipinski definition) is 0. The van der Waals surface area contributed by atoms with Gasteiger partial charge < -0.3 is 9.47 Å². The summed E-state index contributed by atoms with van der Waals surface area (Å²) < 4.78 is 14.7. The molecule has 0 N–H and O–H groups in total. The van der Waals surface area contributed by atoms with Crippen molar-refractivity contribution in [3.63, 3.8) is 0 Å². The second kappa shape index (κ2) is 6.88. The highest BCUT2D eigenvalue weighted by atomic mass is 16.5. The third-order valence-electron chi connectivity index (χ3n) is 5.02. The Hall–Kier alpha value is -2.14. The molecular formula is C16H22N8O2. The minimum atomic E-state index is 0.719. The van der Waals surface area contributed by atoms with Crippen LogP contribution in [0.3, 0.4) is 0 Å². The molecule has 0 atom stereocenters. The van der Waals surface area contributed by atoms with Crippen molar-refractivity contribution in [1.29, 1.82) is 0 Å². The van der Waals surface area contributed by atoms with Gasteiger partial charge >= 0.3 is 0 Å². The topological polar surface area (TPSA) is 86.4 Å². The van der Waals surface area contributed by atoms with Crippen molar-refractivity contribution in [2.24, 2.45) is 0 Å². The van der Waals surface area contributed by atoms with Crippen molar-refractivity contribution < 1.29 is 9.47 Å². The molecular weight excluding hydrogens is 336 g/mol. The van der Waals surface area contributed by atoms with Crippen LogP contribution < -0.4 is 0 Å². The fourth-order valence-electron chi connectivity index (χ4n) is 3.50. The summed E-state index contributed by atoms with van der Waals surface area (Å²) in [5, 5.41) is 17.3. The smallest absolute Gasteiger partial charge is 0.115 e. The van der Waals surface area contributed by atoms with Crippen LogP contribution in [0.2, 0.25) is 0 Å². The third-order valence-corrected chi connectivity index (χ3v) is 5.02. The summed E-state index contributed by atoms with van der Waals surface area (Å²) in [4.78, 5) is 4.65. The minimum absolute atomic E-state index is 0.719. The van der Waals surface area contributed by atoms with Gasteiger partial charge in [-0.2, -0.15) is 0 Å². The number of ether oxygens (including phenoxy) is 2. The Morgan fingerprint density at radius 3 is 1.62 bits per heavy atom. The van der Waals surface area contributed by atoms with Gasteiger partial charge in [-0.25, -0.2) is 9.36 Å². The molecule has 0 unspecified atom stereocenters. The fraction of sp³-hybridized carbons (Fsp3) is 0.625. The fourth-order valence-corrected chi connectivity index (χ4v) is 3.50. The average molecular weight is 358 g/mol. The lowest BCUT2D eigenvalue weighted by molar-refractivity contribution is 0.0217. The number of benzene rings is 1. The number of aromatic nitrogens is 6. The summed E-state index contributed by atoms with van der Waals surface area (Å²) in [6.07, 6.45) is 0. The van der Waals surface area contributed by atoms with Crippen LogP contribution in [0.1, 0.15) is 0 Å². The summed E-state index contributed by atoms with van der Waals surface area (Å²) in [7, 11) is 0. The minimum Gasteiger partial charge on any atom is -0.379 e.